The van der Waals surface area contributed by atoms with Crippen molar-refractivity contribution in [1.29, 1.82) is 0 Å². The molecule has 0 saturated carbocycles. The smallest absolute Gasteiger partial charge is 0.0616 e. The van der Waals surface area contributed by atoms with E-state index in [4.69, 9.17) is 27.9 Å². The molecule has 1 unspecified atom stereocenters. The first-order valence-corrected chi connectivity index (χ1v) is 6.14. The summed E-state index contributed by atoms with van der Waals surface area (Å²) in [6.45, 7) is 6.21. The van der Waals surface area contributed by atoms with Gasteiger partial charge >= 0.3 is 0 Å². The van der Waals surface area contributed by atoms with Gasteiger partial charge in [0.1, 0.15) is 0 Å². The van der Waals surface area contributed by atoms with Gasteiger partial charge in [-0.1, -0.05) is 23.2 Å². The zero-order valence-electron chi connectivity index (χ0n) is 9.59. The van der Waals surface area contributed by atoms with Crippen molar-refractivity contribution in [2.45, 2.75) is 26.4 Å². The summed E-state index contributed by atoms with van der Waals surface area (Å²) in [4.78, 5) is 0. The molecule has 0 bridgehead atoms. The molecule has 4 heteroatoms. The minimum Gasteiger partial charge on any atom is -0.380 e. The molecule has 0 aliphatic rings. The van der Waals surface area contributed by atoms with Crippen molar-refractivity contribution in [3.05, 3.63) is 33.8 Å². The zero-order valence-corrected chi connectivity index (χ0v) is 11.1. The van der Waals surface area contributed by atoms with E-state index in [0.717, 1.165) is 17.2 Å². The van der Waals surface area contributed by atoms with Crippen LogP contribution >= 0.6 is 23.2 Å². The molecular weight excluding hydrogens is 245 g/mol. The van der Waals surface area contributed by atoms with Crippen molar-refractivity contribution in [3.63, 3.8) is 0 Å². The molecule has 1 N–H and O–H groups in total. The van der Waals surface area contributed by atoms with Crippen molar-refractivity contribution in [2.75, 3.05) is 13.2 Å². The first kappa shape index (κ1) is 13.8. The van der Waals surface area contributed by atoms with E-state index in [-0.39, 0.29) is 0 Å². The van der Waals surface area contributed by atoms with Crippen LogP contribution in [-0.2, 0) is 11.3 Å². The molecule has 90 valence electrons. The van der Waals surface area contributed by atoms with Crippen LogP contribution in [-0.4, -0.2) is 19.3 Å². The Morgan fingerprint density at radius 1 is 1.38 bits per heavy atom. The lowest BCUT2D eigenvalue weighted by molar-refractivity contribution is 0.127. The Labute approximate surface area is 107 Å². The first-order chi connectivity index (χ1) is 7.63. The predicted molar refractivity (Wildman–Crippen MR) is 69.3 cm³/mol. The molecule has 2 nitrogen and oxygen atoms in total. The summed E-state index contributed by atoms with van der Waals surface area (Å²) in [5.41, 5.74) is 1.01. The van der Waals surface area contributed by atoms with E-state index in [1.54, 1.807) is 6.07 Å². The number of ether oxygens (including phenoxy) is 1. The third-order valence-electron chi connectivity index (χ3n) is 2.22. The highest BCUT2D eigenvalue weighted by Crippen LogP contribution is 2.20. The van der Waals surface area contributed by atoms with Crippen LogP contribution in [0.15, 0.2) is 18.2 Å². The number of nitrogens with one attached hydrogen (secondary N) is 1. The Morgan fingerprint density at radius 2 is 2.12 bits per heavy atom. The SMILES string of the molecule is CCOCC(C)NCc1cc(Cl)ccc1Cl. The lowest BCUT2D eigenvalue weighted by atomic mass is 10.2. The molecule has 1 rings (SSSR count). The van der Waals surface area contributed by atoms with Crippen molar-refractivity contribution in [2.24, 2.45) is 0 Å². The quantitative estimate of drug-likeness (QED) is 0.847. The third kappa shape index (κ3) is 4.71. The van der Waals surface area contributed by atoms with Crippen LogP contribution in [0.4, 0.5) is 0 Å². The van der Waals surface area contributed by atoms with Crippen molar-refractivity contribution < 1.29 is 4.74 Å². The van der Waals surface area contributed by atoms with E-state index < -0.39 is 0 Å². The molecule has 16 heavy (non-hydrogen) atoms. The summed E-state index contributed by atoms with van der Waals surface area (Å²) in [6.07, 6.45) is 0. The molecule has 0 spiro atoms. The molecule has 0 amide bonds. The van der Waals surface area contributed by atoms with E-state index in [1.165, 1.54) is 0 Å². The van der Waals surface area contributed by atoms with Crippen LogP contribution in [0.25, 0.3) is 0 Å². The Kier molecular flexibility index (Phi) is 6.14. The van der Waals surface area contributed by atoms with Gasteiger partial charge in [0.25, 0.3) is 0 Å². The van der Waals surface area contributed by atoms with Gasteiger partial charge in [0.2, 0.25) is 0 Å². The van der Waals surface area contributed by atoms with E-state index in [2.05, 4.69) is 12.2 Å². The van der Waals surface area contributed by atoms with Gasteiger partial charge in [-0.05, 0) is 37.6 Å². The van der Waals surface area contributed by atoms with Gasteiger partial charge < -0.3 is 10.1 Å². The van der Waals surface area contributed by atoms with Gasteiger partial charge in [0.05, 0.1) is 6.61 Å². The fourth-order valence-corrected chi connectivity index (χ4v) is 1.70. The number of rotatable bonds is 6. The van der Waals surface area contributed by atoms with Crippen LogP contribution in [0.3, 0.4) is 0 Å². The average molecular weight is 262 g/mol. The van der Waals surface area contributed by atoms with Crippen molar-refractivity contribution in [1.82, 2.24) is 5.32 Å². The maximum atomic E-state index is 6.05. The summed E-state index contributed by atoms with van der Waals surface area (Å²) in [6, 6.07) is 5.78. The van der Waals surface area contributed by atoms with Gasteiger partial charge in [0.15, 0.2) is 0 Å². The maximum absolute atomic E-state index is 6.05. The van der Waals surface area contributed by atoms with E-state index in [1.807, 2.05) is 19.1 Å². The van der Waals surface area contributed by atoms with Gasteiger partial charge in [-0.3, -0.25) is 0 Å². The lowest BCUT2D eigenvalue weighted by Gasteiger charge is -2.14. The first-order valence-electron chi connectivity index (χ1n) is 5.38. The predicted octanol–water partition coefficient (Wildman–Crippen LogP) is 3.51. The second-order valence-electron chi connectivity index (χ2n) is 3.68. The fourth-order valence-electron chi connectivity index (χ4n) is 1.32. The molecule has 1 aromatic carbocycles. The Bertz CT molecular complexity index is 331. The van der Waals surface area contributed by atoms with Crippen molar-refractivity contribution >= 4 is 23.2 Å². The molecule has 0 heterocycles. The summed E-state index contributed by atoms with van der Waals surface area (Å²) >= 11 is 12.0. The molecule has 0 aliphatic heterocycles. The van der Waals surface area contributed by atoms with Gasteiger partial charge in [-0.25, -0.2) is 0 Å². The van der Waals surface area contributed by atoms with Gasteiger partial charge in [-0.2, -0.15) is 0 Å². The molecule has 0 fully saturated rings. The second kappa shape index (κ2) is 7.13. The second-order valence-corrected chi connectivity index (χ2v) is 4.52. The molecule has 1 atom stereocenters. The van der Waals surface area contributed by atoms with Crippen LogP contribution < -0.4 is 5.32 Å². The Balaban J connectivity index is 2.44. The number of hydrogen-bond acceptors (Lipinski definition) is 2. The Morgan fingerprint density at radius 3 is 2.81 bits per heavy atom. The average Bonchev–Trinajstić information content (AvgIpc) is 2.27. The summed E-state index contributed by atoms with van der Waals surface area (Å²) in [5.74, 6) is 0. The normalized spacial score (nSPS) is 12.8. The maximum Gasteiger partial charge on any atom is 0.0616 e. The largest absolute Gasteiger partial charge is 0.380 e. The van der Waals surface area contributed by atoms with Gasteiger partial charge in [-0.15, -0.1) is 0 Å². The highest BCUT2D eigenvalue weighted by atomic mass is 35.5. The monoisotopic (exact) mass is 261 g/mol. The minimum absolute atomic E-state index is 0.301. The molecule has 0 aliphatic carbocycles. The van der Waals surface area contributed by atoms with E-state index in [0.29, 0.717) is 24.2 Å². The standard InChI is InChI=1S/C12H17Cl2NO/c1-3-16-8-9(2)15-7-10-6-11(13)4-5-12(10)14/h4-6,9,15H,3,7-8H2,1-2H3. The summed E-state index contributed by atoms with van der Waals surface area (Å²) in [7, 11) is 0. The molecule has 1 aromatic rings. The Hall–Kier alpha value is -0.280. The summed E-state index contributed by atoms with van der Waals surface area (Å²) in [5, 5.41) is 4.78. The highest BCUT2D eigenvalue weighted by molar-refractivity contribution is 6.33. The summed E-state index contributed by atoms with van der Waals surface area (Å²) < 4.78 is 5.32. The highest BCUT2D eigenvalue weighted by Gasteiger charge is 2.04. The number of benzene rings is 1. The van der Waals surface area contributed by atoms with Crippen LogP contribution in [0, 0.1) is 0 Å². The van der Waals surface area contributed by atoms with E-state index in [9.17, 15) is 0 Å². The molecule has 0 aromatic heterocycles. The molecular formula is C12H17Cl2NO. The minimum atomic E-state index is 0.301. The van der Waals surface area contributed by atoms with Crippen molar-refractivity contribution in [3.8, 4) is 0 Å². The zero-order chi connectivity index (χ0) is 12.0. The number of hydrogen-bond donors (Lipinski definition) is 1. The third-order valence-corrected chi connectivity index (χ3v) is 2.82. The van der Waals surface area contributed by atoms with Crippen LogP contribution in [0.5, 0.6) is 0 Å². The number of halogens is 2. The van der Waals surface area contributed by atoms with Crippen LogP contribution in [0.2, 0.25) is 10.0 Å². The molecule has 0 saturated heterocycles. The van der Waals surface area contributed by atoms with Gasteiger partial charge in [0, 0.05) is 29.2 Å². The lowest BCUT2D eigenvalue weighted by Crippen LogP contribution is -2.30. The topological polar surface area (TPSA) is 21.3 Å². The fraction of sp³-hybridized carbons (Fsp3) is 0.500. The van der Waals surface area contributed by atoms with E-state index >= 15 is 0 Å². The molecule has 0 radical (unpaired) electrons. The van der Waals surface area contributed by atoms with Crippen LogP contribution in [0.1, 0.15) is 19.4 Å².